The highest BCUT2D eigenvalue weighted by atomic mass is 16.5. The molecule has 11 heteroatoms. The van der Waals surface area contributed by atoms with Gasteiger partial charge in [-0.1, -0.05) is 32.1 Å². The van der Waals surface area contributed by atoms with Crippen molar-refractivity contribution in [2.45, 2.75) is 89.3 Å². The van der Waals surface area contributed by atoms with Crippen LogP contribution in [0.15, 0.2) is 4.99 Å². The number of carbonyl (C=O) groups excluding carboxylic acids is 3. The number of ether oxygens (including phenoxy) is 1. The van der Waals surface area contributed by atoms with Crippen LogP contribution in [0.4, 0.5) is 4.79 Å². The normalized spacial score (nSPS) is 23.6. The fourth-order valence-electron chi connectivity index (χ4n) is 5.50. The molecular formula is C26H43N7O4. The maximum atomic E-state index is 13.7. The maximum Gasteiger partial charge on any atom is 0.413 e. The minimum Gasteiger partial charge on any atom is -0.450 e. The van der Waals surface area contributed by atoms with Gasteiger partial charge in [0.2, 0.25) is 17.8 Å². The Hall–Kier alpha value is -2.87. The summed E-state index contributed by atoms with van der Waals surface area (Å²) < 4.78 is 5.10. The molecular weight excluding hydrogens is 474 g/mol. The molecule has 0 radical (unpaired) electrons. The molecule has 2 saturated heterocycles. The first-order chi connectivity index (χ1) is 17.7. The van der Waals surface area contributed by atoms with Crippen LogP contribution in [-0.4, -0.2) is 91.1 Å². The third kappa shape index (κ3) is 8.59. The molecule has 3 amide bonds. The summed E-state index contributed by atoms with van der Waals surface area (Å²) in [6, 6.07) is 1.54. The number of hydrogen-bond donors (Lipinski definition) is 3. The number of amides is 3. The Balaban J connectivity index is 1.85. The Morgan fingerprint density at radius 3 is 2.46 bits per heavy atom. The van der Waals surface area contributed by atoms with E-state index in [1.165, 1.54) is 13.3 Å². The average Bonchev–Trinajstić information content (AvgIpc) is 3.33. The summed E-state index contributed by atoms with van der Waals surface area (Å²) in [7, 11) is 2.01. The lowest BCUT2D eigenvalue weighted by molar-refractivity contribution is -0.124. The lowest BCUT2D eigenvalue weighted by atomic mass is 9.84. The Labute approximate surface area is 220 Å². The zero-order chi connectivity index (χ0) is 26.8. The van der Waals surface area contributed by atoms with E-state index < -0.39 is 17.7 Å². The standard InChI is InChI=1S/C26H43N7O4/c1-4-37-25(36)30-24(33-13-10-21(17-33)28-19(2)34)29-22(16-20-8-6-5-7-9-20)23(35)31-26(18-27)11-14-32(3)15-12-26/h20-22H,4-17H2,1-3H3,(H,28,34)(H,31,35)(H,29,30,36). The number of rotatable bonds is 7. The molecule has 3 rings (SSSR count). The number of hydrogen-bond acceptors (Lipinski definition) is 7. The van der Waals surface area contributed by atoms with E-state index in [1.54, 1.807) is 6.92 Å². The summed E-state index contributed by atoms with van der Waals surface area (Å²) in [5.41, 5.74) is -0.914. The summed E-state index contributed by atoms with van der Waals surface area (Å²) >= 11 is 0. The molecule has 0 aromatic rings. The van der Waals surface area contributed by atoms with Crippen LogP contribution in [0.5, 0.6) is 0 Å². The van der Waals surface area contributed by atoms with E-state index in [9.17, 15) is 19.6 Å². The predicted octanol–water partition coefficient (Wildman–Crippen LogP) is 1.74. The van der Waals surface area contributed by atoms with Crippen molar-refractivity contribution in [1.82, 2.24) is 25.8 Å². The van der Waals surface area contributed by atoms with Crippen molar-refractivity contribution in [3.63, 3.8) is 0 Å². The van der Waals surface area contributed by atoms with Gasteiger partial charge in [-0.3, -0.25) is 14.9 Å². The molecule has 3 N–H and O–H groups in total. The van der Waals surface area contributed by atoms with E-state index in [0.29, 0.717) is 44.7 Å². The number of aliphatic imine (C=N–C) groups is 1. The molecule has 3 fully saturated rings. The van der Waals surface area contributed by atoms with Crippen LogP contribution in [0.25, 0.3) is 0 Å². The molecule has 0 spiro atoms. The first-order valence-electron chi connectivity index (χ1n) is 13.7. The highest BCUT2D eigenvalue weighted by Crippen LogP contribution is 2.29. The summed E-state index contributed by atoms with van der Waals surface area (Å²) in [6.07, 6.45) is 7.31. The topological polar surface area (TPSA) is 139 Å². The van der Waals surface area contributed by atoms with E-state index in [4.69, 9.17) is 9.73 Å². The molecule has 0 bridgehead atoms. The highest BCUT2D eigenvalue weighted by Gasteiger charge is 2.38. The quantitative estimate of drug-likeness (QED) is 0.345. The lowest BCUT2D eigenvalue weighted by Gasteiger charge is -2.37. The number of likely N-dealkylation sites (tertiary alicyclic amines) is 2. The number of nitrogens with one attached hydrogen (secondary N) is 3. The molecule has 1 aliphatic carbocycles. The second kappa shape index (κ2) is 13.6. The number of piperidine rings is 1. The predicted molar refractivity (Wildman–Crippen MR) is 140 cm³/mol. The Morgan fingerprint density at radius 2 is 1.84 bits per heavy atom. The monoisotopic (exact) mass is 517 g/mol. The Kier molecular flexibility index (Phi) is 10.6. The number of carbonyl (C=O) groups is 3. The summed E-state index contributed by atoms with van der Waals surface area (Å²) in [6.45, 7) is 5.92. The van der Waals surface area contributed by atoms with Crippen LogP contribution in [0.2, 0.25) is 0 Å². The first-order valence-corrected chi connectivity index (χ1v) is 13.7. The van der Waals surface area contributed by atoms with Crippen molar-refractivity contribution in [2.24, 2.45) is 10.9 Å². The zero-order valence-electron chi connectivity index (χ0n) is 22.6. The van der Waals surface area contributed by atoms with Crippen LogP contribution in [0, 0.1) is 17.2 Å². The van der Waals surface area contributed by atoms with E-state index in [0.717, 1.165) is 38.8 Å². The fourth-order valence-corrected chi connectivity index (χ4v) is 5.50. The minimum absolute atomic E-state index is 0.0709. The average molecular weight is 518 g/mol. The van der Waals surface area contributed by atoms with Gasteiger partial charge in [-0.25, -0.2) is 9.79 Å². The molecule has 2 heterocycles. The molecule has 2 unspecified atom stereocenters. The van der Waals surface area contributed by atoms with E-state index in [-0.39, 0.29) is 30.4 Å². The van der Waals surface area contributed by atoms with Crippen LogP contribution < -0.4 is 16.0 Å². The van der Waals surface area contributed by atoms with Gasteiger partial charge in [0.1, 0.15) is 11.6 Å². The zero-order valence-corrected chi connectivity index (χ0v) is 22.6. The van der Waals surface area contributed by atoms with Gasteiger partial charge < -0.3 is 25.2 Å². The SMILES string of the molecule is CCOC(=O)NC(=NC(CC1CCCCC1)C(=O)NC1(C#N)CCN(C)CC1)N1CCC(NC(C)=O)C1. The highest BCUT2D eigenvalue weighted by molar-refractivity contribution is 5.96. The van der Waals surface area contributed by atoms with Crippen molar-refractivity contribution in [3.8, 4) is 6.07 Å². The second-order valence-corrected chi connectivity index (χ2v) is 10.7. The third-order valence-corrected chi connectivity index (χ3v) is 7.66. The van der Waals surface area contributed by atoms with Crippen molar-refractivity contribution >= 4 is 23.9 Å². The fraction of sp³-hybridized carbons (Fsp3) is 0.808. The van der Waals surface area contributed by atoms with E-state index >= 15 is 0 Å². The lowest BCUT2D eigenvalue weighted by Crippen LogP contribution is -2.56. The summed E-state index contributed by atoms with van der Waals surface area (Å²) in [5, 5.41) is 18.7. The largest absolute Gasteiger partial charge is 0.450 e. The van der Waals surface area contributed by atoms with E-state index in [2.05, 4.69) is 26.9 Å². The molecule has 2 atom stereocenters. The summed E-state index contributed by atoms with van der Waals surface area (Å²) in [5.74, 6) is 0.241. The van der Waals surface area contributed by atoms with Crippen LogP contribution in [-0.2, 0) is 14.3 Å². The van der Waals surface area contributed by atoms with Crippen LogP contribution in [0.3, 0.4) is 0 Å². The van der Waals surface area contributed by atoms with Gasteiger partial charge in [-0.2, -0.15) is 5.26 Å². The van der Waals surface area contributed by atoms with Crippen LogP contribution >= 0.6 is 0 Å². The minimum atomic E-state index is -0.914. The smallest absolute Gasteiger partial charge is 0.413 e. The Morgan fingerprint density at radius 1 is 1.14 bits per heavy atom. The molecule has 3 aliphatic rings. The molecule has 1 saturated carbocycles. The molecule has 11 nitrogen and oxygen atoms in total. The molecule has 0 aromatic carbocycles. The molecule has 2 aliphatic heterocycles. The van der Waals surface area contributed by atoms with Gasteiger partial charge in [-0.05, 0) is 45.6 Å². The number of alkyl carbamates (subject to hydrolysis) is 1. The van der Waals surface area contributed by atoms with Crippen LogP contribution in [0.1, 0.15) is 71.6 Å². The third-order valence-electron chi connectivity index (χ3n) is 7.66. The van der Waals surface area contributed by atoms with Crippen molar-refractivity contribution in [1.29, 1.82) is 5.26 Å². The first kappa shape index (κ1) is 28.7. The van der Waals surface area contributed by atoms with E-state index in [1.807, 2.05) is 11.9 Å². The molecule has 0 aromatic heterocycles. The summed E-state index contributed by atoms with van der Waals surface area (Å²) in [4.78, 5) is 46.5. The van der Waals surface area contributed by atoms with Gasteiger partial charge in [0.25, 0.3) is 0 Å². The molecule has 37 heavy (non-hydrogen) atoms. The Bertz CT molecular complexity index is 873. The number of guanidine groups is 1. The van der Waals surface area contributed by atoms with Gasteiger partial charge >= 0.3 is 6.09 Å². The van der Waals surface area contributed by atoms with Gasteiger partial charge in [0.05, 0.1) is 12.7 Å². The van der Waals surface area contributed by atoms with Gasteiger partial charge in [-0.15, -0.1) is 0 Å². The maximum absolute atomic E-state index is 13.7. The van der Waals surface area contributed by atoms with Crippen molar-refractivity contribution in [3.05, 3.63) is 0 Å². The van der Waals surface area contributed by atoms with Gasteiger partial charge in [0.15, 0.2) is 0 Å². The molecule has 206 valence electrons. The van der Waals surface area contributed by atoms with Crippen molar-refractivity contribution in [2.75, 3.05) is 39.8 Å². The second-order valence-electron chi connectivity index (χ2n) is 10.7. The number of nitrogens with zero attached hydrogens (tertiary/aromatic N) is 4. The van der Waals surface area contributed by atoms with Gasteiger partial charge in [0, 0.05) is 39.1 Å². The van der Waals surface area contributed by atoms with Crippen molar-refractivity contribution < 1.29 is 19.1 Å². The number of nitriles is 1.